The Morgan fingerprint density at radius 3 is 2.11 bits per heavy atom. The van der Waals surface area contributed by atoms with Gasteiger partial charge >= 0.3 is 0 Å². The number of hydrogen-bond acceptors (Lipinski definition) is 4. The Labute approximate surface area is 325 Å². The highest BCUT2D eigenvalue weighted by atomic mass is 16.3. The Balaban J connectivity index is 1.20. The van der Waals surface area contributed by atoms with Crippen LogP contribution < -0.4 is 0 Å². The molecule has 1 aliphatic carbocycles. The largest absolute Gasteiger partial charge is 0.456 e. The molecule has 56 heavy (non-hydrogen) atoms. The lowest BCUT2D eigenvalue weighted by atomic mass is 9.92. The number of furan rings is 1. The molecule has 0 radical (unpaired) electrons. The highest BCUT2D eigenvalue weighted by molar-refractivity contribution is 6.15. The molecule has 4 nitrogen and oxygen atoms in total. The van der Waals surface area contributed by atoms with E-state index in [-0.39, 0.29) is 0 Å². The molecule has 2 aromatic heterocycles. The van der Waals surface area contributed by atoms with E-state index in [0.717, 1.165) is 78.9 Å². The zero-order chi connectivity index (χ0) is 37.4. The van der Waals surface area contributed by atoms with Crippen molar-refractivity contribution in [3.05, 3.63) is 187 Å². The average molecular weight is 720 g/mol. The summed E-state index contributed by atoms with van der Waals surface area (Å²) in [5, 5.41) is 6.65. The van der Waals surface area contributed by atoms with Crippen molar-refractivity contribution < 1.29 is 4.42 Å². The fraction of sp³-hybridized carbons (Fsp3) is 0.0577. The second kappa shape index (κ2) is 14.2. The third kappa shape index (κ3) is 6.21. The highest BCUT2D eigenvalue weighted by Gasteiger charge is 2.22. The Bertz CT molecular complexity index is 3090. The number of fused-ring (bicyclic) bond motifs is 5. The molecule has 0 N–H and O–H groups in total. The van der Waals surface area contributed by atoms with E-state index >= 15 is 0 Å². The van der Waals surface area contributed by atoms with Gasteiger partial charge < -0.3 is 4.42 Å². The highest BCUT2D eigenvalue weighted by Crippen LogP contribution is 2.43. The number of benzene rings is 7. The molecule has 7 aromatic carbocycles. The van der Waals surface area contributed by atoms with Crippen molar-refractivity contribution in [1.29, 1.82) is 0 Å². The van der Waals surface area contributed by atoms with Gasteiger partial charge in [-0.3, -0.25) is 0 Å². The molecule has 10 rings (SSSR count). The molecule has 9 aromatic rings. The van der Waals surface area contributed by atoms with Crippen LogP contribution >= 0.6 is 0 Å². The minimum Gasteiger partial charge on any atom is -0.456 e. The zero-order valence-electron chi connectivity index (χ0n) is 31.0. The predicted molar refractivity (Wildman–Crippen MR) is 234 cm³/mol. The second-order valence-electron chi connectivity index (χ2n) is 14.3. The molecule has 0 unspecified atom stereocenters. The van der Waals surface area contributed by atoms with Gasteiger partial charge in [-0.1, -0.05) is 140 Å². The first kappa shape index (κ1) is 33.4. The molecule has 4 heteroatoms. The van der Waals surface area contributed by atoms with Gasteiger partial charge in [0.05, 0.1) is 0 Å². The summed E-state index contributed by atoms with van der Waals surface area (Å²) < 4.78 is 6.48. The van der Waals surface area contributed by atoms with E-state index in [4.69, 9.17) is 19.4 Å². The van der Waals surface area contributed by atoms with Crippen LogP contribution in [0.5, 0.6) is 0 Å². The summed E-state index contributed by atoms with van der Waals surface area (Å²) in [5.74, 6) is 1.82. The predicted octanol–water partition coefficient (Wildman–Crippen LogP) is 14.1. The van der Waals surface area contributed by atoms with Crippen molar-refractivity contribution in [3.63, 3.8) is 0 Å². The van der Waals surface area contributed by atoms with Crippen LogP contribution in [0.3, 0.4) is 0 Å². The second-order valence-corrected chi connectivity index (χ2v) is 14.3. The van der Waals surface area contributed by atoms with E-state index in [0.29, 0.717) is 17.5 Å². The summed E-state index contributed by atoms with van der Waals surface area (Å²) in [5.41, 5.74) is 10.1. The summed E-state index contributed by atoms with van der Waals surface area (Å²) >= 11 is 0. The Morgan fingerprint density at radius 1 is 0.536 bits per heavy atom. The lowest BCUT2D eigenvalue weighted by Crippen LogP contribution is -2.01. The van der Waals surface area contributed by atoms with Crippen molar-refractivity contribution in [2.75, 3.05) is 0 Å². The first-order valence-corrected chi connectivity index (χ1v) is 19.2. The van der Waals surface area contributed by atoms with Crippen LogP contribution in [0.4, 0.5) is 0 Å². The maximum absolute atomic E-state index is 6.48. The van der Waals surface area contributed by atoms with E-state index in [1.54, 1.807) is 0 Å². The fourth-order valence-corrected chi connectivity index (χ4v) is 7.83. The van der Waals surface area contributed by atoms with Crippen LogP contribution in [0.15, 0.2) is 180 Å². The molecule has 0 fully saturated rings. The number of para-hydroxylation sites is 1. The van der Waals surface area contributed by atoms with Crippen molar-refractivity contribution in [3.8, 4) is 45.3 Å². The van der Waals surface area contributed by atoms with Crippen molar-refractivity contribution in [1.82, 2.24) is 15.0 Å². The maximum Gasteiger partial charge on any atom is 0.165 e. The van der Waals surface area contributed by atoms with Gasteiger partial charge in [0, 0.05) is 27.5 Å². The number of rotatable bonds is 7. The van der Waals surface area contributed by atoms with Gasteiger partial charge in [-0.25, -0.2) is 15.0 Å². The Hall–Kier alpha value is -7.17. The van der Waals surface area contributed by atoms with Crippen LogP contribution in [-0.4, -0.2) is 15.0 Å². The lowest BCUT2D eigenvalue weighted by molar-refractivity contribution is 0.669. The monoisotopic (exact) mass is 719 g/mol. The van der Waals surface area contributed by atoms with E-state index < -0.39 is 0 Å². The van der Waals surface area contributed by atoms with Crippen LogP contribution in [0, 0.1) is 0 Å². The summed E-state index contributed by atoms with van der Waals surface area (Å²) in [6.07, 6.45) is 17.2. The van der Waals surface area contributed by atoms with Gasteiger partial charge in [0.2, 0.25) is 0 Å². The molecular formula is C52H37N3O. The van der Waals surface area contributed by atoms with Gasteiger partial charge in [-0.05, 0) is 112 Å². The standard InChI is InChI=1S/C52H37N3O/c1-2-3-6-13-34-20-21-40-31-42(27-25-38(40)30-34)51-53-50(37-16-9-5-10-17-37)54-52(55-51)49-44(28-29-47-48(49)45-18-11-12-19-46(45)56-47)41-26-23-36-22-24-39(32-43(36)33-41)35-14-7-4-8-15-35/h2-3,5-7,9-33H,4,8H2,1H3/b3-2-,13-6-. The van der Waals surface area contributed by atoms with Crippen LogP contribution in [-0.2, 0) is 0 Å². The van der Waals surface area contributed by atoms with Crippen molar-refractivity contribution in [2.45, 2.75) is 19.8 Å². The van der Waals surface area contributed by atoms with E-state index in [9.17, 15) is 0 Å². The molecule has 0 saturated carbocycles. The third-order valence-corrected chi connectivity index (χ3v) is 10.6. The molecule has 266 valence electrons. The Kier molecular flexibility index (Phi) is 8.49. The molecule has 0 amide bonds. The smallest absolute Gasteiger partial charge is 0.165 e. The molecule has 0 atom stereocenters. The number of hydrogen-bond donors (Lipinski definition) is 0. The molecule has 0 aliphatic heterocycles. The van der Waals surface area contributed by atoms with E-state index in [1.165, 1.54) is 21.9 Å². The quantitative estimate of drug-likeness (QED) is 0.154. The van der Waals surface area contributed by atoms with Crippen LogP contribution in [0.1, 0.15) is 30.9 Å². The number of nitrogens with zero attached hydrogens (tertiary/aromatic N) is 3. The van der Waals surface area contributed by atoms with Gasteiger partial charge in [0.1, 0.15) is 11.2 Å². The fourth-order valence-electron chi connectivity index (χ4n) is 7.83. The molecule has 1 aliphatic rings. The van der Waals surface area contributed by atoms with Crippen molar-refractivity contribution in [2.24, 2.45) is 0 Å². The van der Waals surface area contributed by atoms with Crippen molar-refractivity contribution >= 4 is 55.1 Å². The molecular weight excluding hydrogens is 683 g/mol. The maximum atomic E-state index is 6.48. The first-order chi connectivity index (χ1) is 27.7. The zero-order valence-corrected chi connectivity index (χ0v) is 31.0. The summed E-state index contributed by atoms with van der Waals surface area (Å²) in [7, 11) is 0. The summed E-state index contributed by atoms with van der Waals surface area (Å²) in [6.45, 7) is 2.02. The van der Waals surface area contributed by atoms with E-state index in [1.807, 2.05) is 49.4 Å². The average Bonchev–Trinajstić information content (AvgIpc) is 3.65. The normalized spacial score (nSPS) is 13.2. The molecule has 0 spiro atoms. The van der Waals surface area contributed by atoms with Crippen LogP contribution in [0.2, 0.25) is 0 Å². The minimum absolute atomic E-state index is 0.594. The van der Waals surface area contributed by atoms with Gasteiger partial charge in [0.15, 0.2) is 17.5 Å². The minimum atomic E-state index is 0.594. The molecule has 0 saturated heterocycles. The third-order valence-electron chi connectivity index (χ3n) is 10.6. The topological polar surface area (TPSA) is 51.8 Å². The first-order valence-electron chi connectivity index (χ1n) is 19.2. The SMILES string of the molecule is C/C=C\C=C/c1ccc2cc(-c3nc(-c4ccccc4)nc(-c4c(-c5ccc6ccc(C7=CCCC=C7)cc6c5)ccc5oc6ccccc6c45)n3)ccc2c1. The lowest BCUT2D eigenvalue weighted by Gasteiger charge is -2.15. The van der Waals surface area contributed by atoms with E-state index in [2.05, 4.69) is 140 Å². The number of allylic oxidation sites excluding steroid dienone is 7. The summed E-state index contributed by atoms with van der Waals surface area (Å²) in [4.78, 5) is 15.7. The van der Waals surface area contributed by atoms with Gasteiger partial charge in [-0.15, -0.1) is 0 Å². The molecule has 2 heterocycles. The van der Waals surface area contributed by atoms with Gasteiger partial charge in [-0.2, -0.15) is 0 Å². The molecule has 0 bridgehead atoms. The summed E-state index contributed by atoms with van der Waals surface area (Å²) in [6, 6.07) is 49.1. The van der Waals surface area contributed by atoms with Crippen LogP contribution in [0.25, 0.3) is 100 Å². The number of aromatic nitrogens is 3. The Morgan fingerprint density at radius 2 is 1.25 bits per heavy atom. The van der Waals surface area contributed by atoms with Gasteiger partial charge in [0.25, 0.3) is 0 Å².